The molecule has 0 saturated heterocycles. The first-order valence-electron chi connectivity index (χ1n) is 1.26. The Labute approximate surface area is 91.6 Å². The van der Waals surface area contributed by atoms with Crippen molar-refractivity contribution in [1.82, 2.24) is 0 Å². The number of aliphatic hydroxyl groups excluding tert-OH is 2. The fraction of sp³-hybridized carbons (Fsp3) is 0. The molecular weight excluding hydrogens is 312 g/mol. The quantitative estimate of drug-likeness (QED) is 0.383. The van der Waals surface area contributed by atoms with Gasteiger partial charge in [-0.15, -0.1) is 0 Å². The van der Waals surface area contributed by atoms with E-state index in [-0.39, 0.29) is 23.7 Å². The van der Waals surface area contributed by atoms with Crippen molar-refractivity contribution >= 4 is 82.1 Å². The van der Waals surface area contributed by atoms with Crippen LogP contribution in [0, 0.1) is 0 Å². The molecule has 2 N–H and O–H groups in total. The molecule has 0 amide bonds. The fourth-order valence-electron chi connectivity index (χ4n) is 0. The molecule has 0 atom stereocenters. The first-order valence-corrected chi connectivity index (χ1v) is 2.90. The van der Waals surface area contributed by atoms with Gasteiger partial charge in [0.15, 0.2) is 0 Å². The van der Waals surface area contributed by atoms with E-state index in [1.165, 1.54) is 0 Å². The molecular formula is C2H2O2S4Te. The molecule has 4 radical (unpaired) electrons. The maximum absolute atomic E-state index is 7.60. The number of hydrogen-bond acceptors (Lipinski definition) is 4. The monoisotopic (exact) mass is 316 g/mol. The van der Waals surface area contributed by atoms with Gasteiger partial charge in [0.05, 0.1) is 0 Å². The van der Waals surface area contributed by atoms with Gasteiger partial charge in [-0.3, -0.25) is 0 Å². The van der Waals surface area contributed by atoms with Gasteiger partial charge in [-0.25, -0.2) is 0 Å². The minimum absolute atomic E-state index is 0. The van der Waals surface area contributed by atoms with Gasteiger partial charge in [-0.05, 0) is 0 Å². The summed E-state index contributed by atoms with van der Waals surface area (Å²) >= 11 is 15.6. The second-order valence-electron chi connectivity index (χ2n) is 0.532. The molecule has 0 unspecified atom stereocenters. The van der Waals surface area contributed by atoms with Crippen LogP contribution in [0.1, 0.15) is 0 Å². The van der Waals surface area contributed by atoms with Crippen LogP contribution in [0.2, 0.25) is 0 Å². The van der Waals surface area contributed by atoms with Crippen LogP contribution in [0.4, 0.5) is 0 Å². The molecule has 0 aromatic carbocycles. The minimum atomic E-state index is -0.417. The average Bonchev–Trinajstić information content (AvgIpc) is 1.25. The Hall–Kier alpha value is 1.01. The van der Waals surface area contributed by atoms with Gasteiger partial charge in [-0.2, -0.15) is 0 Å². The molecule has 0 bridgehead atoms. The van der Waals surface area contributed by atoms with Gasteiger partial charge in [-0.1, -0.05) is 0 Å². The van der Waals surface area contributed by atoms with E-state index in [4.69, 9.17) is 10.2 Å². The van der Waals surface area contributed by atoms with Crippen LogP contribution in [-0.4, -0.2) is 42.6 Å². The van der Waals surface area contributed by atoms with Gasteiger partial charge < -0.3 is 59.9 Å². The predicted octanol–water partition coefficient (Wildman–Crippen LogP) is 0.372. The van der Waals surface area contributed by atoms with Crippen molar-refractivity contribution in [3.63, 3.8) is 0 Å². The van der Waals surface area contributed by atoms with Gasteiger partial charge in [0.2, 0.25) is 0 Å². The Morgan fingerprint density at radius 2 is 1.00 bits per heavy atom. The zero-order chi connectivity index (χ0) is 7.15. The van der Waals surface area contributed by atoms with Crippen molar-refractivity contribution in [3.05, 3.63) is 0 Å². The Balaban J connectivity index is -0.0000000720. The molecule has 0 saturated carbocycles. The summed E-state index contributed by atoms with van der Waals surface area (Å²) in [6.07, 6.45) is 0. The van der Waals surface area contributed by atoms with E-state index in [1.54, 1.807) is 0 Å². The Bertz CT molecular complexity index is 74.6. The molecule has 0 aliphatic carbocycles. The number of hydrogen-bond donors (Lipinski definition) is 2. The second-order valence-corrected chi connectivity index (χ2v) is 2.60. The van der Waals surface area contributed by atoms with Crippen LogP contribution in [0.15, 0.2) is 0 Å². The van der Waals surface area contributed by atoms with Crippen LogP contribution >= 0.6 is 24.4 Å². The van der Waals surface area contributed by atoms with Crippen LogP contribution in [-0.2, 0) is 25.3 Å². The first-order chi connectivity index (χ1) is 3.46. The maximum Gasteiger partial charge on any atom is 2.00 e. The topological polar surface area (TPSA) is 40.5 Å². The summed E-state index contributed by atoms with van der Waals surface area (Å²) in [6, 6.07) is 0. The summed E-state index contributed by atoms with van der Waals surface area (Å²) < 4.78 is -0.833. The number of rotatable bonds is 0. The third kappa shape index (κ3) is 434. The molecule has 0 aliphatic heterocycles. The molecule has 0 aliphatic rings. The van der Waals surface area contributed by atoms with Gasteiger partial charge >= 0.3 is 23.7 Å². The van der Waals surface area contributed by atoms with Crippen molar-refractivity contribution in [2.45, 2.75) is 0 Å². The molecule has 0 aromatic rings. The number of thiocarbonyl (C=S) groups is 2. The maximum atomic E-state index is 7.60. The molecule has 0 fully saturated rings. The molecule has 0 heterocycles. The standard InChI is InChI=1S/2CH2OS2.Te/c2*2-1(3)4;/h2*(H2,2,3,4);/q;;+2/p-2. The predicted molar refractivity (Wildman–Crippen MR) is 50.9 cm³/mol. The van der Waals surface area contributed by atoms with E-state index >= 15 is 0 Å². The summed E-state index contributed by atoms with van der Waals surface area (Å²) in [5, 5.41) is 15.2. The summed E-state index contributed by atoms with van der Waals surface area (Å²) in [4.78, 5) is 0. The molecule has 0 spiro atoms. The van der Waals surface area contributed by atoms with E-state index in [0.29, 0.717) is 0 Å². The molecule has 9 heavy (non-hydrogen) atoms. The first kappa shape index (κ1) is 16.5. The zero-order valence-corrected chi connectivity index (χ0v) is 9.53. The summed E-state index contributed by atoms with van der Waals surface area (Å²) in [5.74, 6) is 0. The van der Waals surface area contributed by atoms with E-state index < -0.39 is 8.77 Å². The Morgan fingerprint density at radius 3 is 1.00 bits per heavy atom. The molecule has 2 nitrogen and oxygen atoms in total. The van der Waals surface area contributed by atoms with Crippen molar-refractivity contribution < 1.29 is 10.2 Å². The van der Waals surface area contributed by atoms with E-state index in [1.807, 2.05) is 0 Å². The minimum Gasteiger partial charge on any atom is -0.528 e. The number of aliphatic hydroxyl groups is 2. The average molecular weight is 314 g/mol. The largest absolute Gasteiger partial charge is 2.00 e. The van der Waals surface area contributed by atoms with Crippen molar-refractivity contribution in [1.29, 1.82) is 0 Å². The van der Waals surface area contributed by atoms with E-state index in [9.17, 15) is 0 Å². The third-order valence-electron chi connectivity index (χ3n) is 0. The molecule has 0 rings (SSSR count). The van der Waals surface area contributed by atoms with Crippen LogP contribution in [0.5, 0.6) is 0 Å². The third-order valence-corrected chi connectivity index (χ3v) is 0. The van der Waals surface area contributed by atoms with Crippen LogP contribution < -0.4 is 0 Å². The smallest absolute Gasteiger partial charge is 0.528 e. The van der Waals surface area contributed by atoms with E-state index in [0.717, 1.165) is 0 Å². The van der Waals surface area contributed by atoms with E-state index in [2.05, 4.69) is 49.7 Å². The van der Waals surface area contributed by atoms with Crippen LogP contribution in [0.3, 0.4) is 0 Å². The van der Waals surface area contributed by atoms with Crippen molar-refractivity contribution in [2.24, 2.45) is 0 Å². The second kappa shape index (κ2) is 11.8. The molecule has 7 heteroatoms. The van der Waals surface area contributed by atoms with Gasteiger partial charge in [0, 0.05) is 8.77 Å². The summed E-state index contributed by atoms with van der Waals surface area (Å²) in [6.45, 7) is 0. The van der Waals surface area contributed by atoms with Gasteiger partial charge in [0.25, 0.3) is 0 Å². The normalized spacial score (nSPS) is 5.33. The fourth-order valence-corrected chi connectivity index (χ4v) is 0. The summed E-state index contributed by atoms with van der Waals surface area (Å²) in [5.41, 5.74) is 0. The Kier molecular flexibility index (Phi) is 21.6. The van der Waals surface area contributed by atoms with Crippen LogP contribution in [0.25, 0.3) is 0 Å². The Morgan fingerprint density at radius 1 is 1.00 bits per heavy atom. The molecule has 0 aromatic heterocycles. The SMILES string of the molecule is OC(=S)[S-].OC(=S)[S-].[Te+2]. The van der Waals surface area contributed by atoms with Crippen molar-refractivity contribution in [2.75, 3.05) is 0 Å². The van der Waals surface area contributed by atoms with Crippen molar-refractivity contribution in [3.8, 4) is 0 Å². The van der Waals surface area contributed by atoms with Gasteiger partial charge in [0.1, 0.15) is 0 Å². The summed E-state index contributed by atoms with van der Waals surface area (Å²) in [7, 11) is 0. The zero-order valence-electron chi connectivity index (χ0n) is 3.94. The molecule has 52 valence electrons.